The van der Waals surface area contributed by atoms with Gasteiger partial charge in [0.25, 0.3) is 5.92 Å². The van der Waals surface area contributed by atoms with Crippen LogP contribution in [0.2, 0.25) is 0 Å². The topological polar surface area (TPSA) is 24.9 Å². The highest BCUT2D eigenvalue weighted by atomic mass is 19.3. The zero-order chi connectivity index (χ0) is 15.2. The van der Waals surface area contributed by atoms with Crippen molar-refractivity contribution in [1.29, 1.82) is 0 Å². The Labute approximate surface area is 128 Å². The van der Waals surface area contributed by atoms with Crippen molar-refractivity contribution in [2.45, 2.75) is 31.1 Å². The summed E-state index contributed by atoms with van der Waals surface area (Å²) in [5.74, 6) is -3.59. The van der Waals surface area contributed by atoms with Crippen LogP contribution in [0.5, 0.6) is 0 Å². The van der Waals surface area contributed by atoms with Crippen molar-refractivity contribution in [1.82, 2.24) is 10.3 Å². The molecule has 1 aliphatic carbocycles. The van der Waals surface area contributed by atoms with Gasteiger partial charge in [-0.15, -0.1) is 0 Å². The lowest BCUT2D eigenvalue weighted by Gasteiger charge is -2.22. The Bertz CT molecular complexity index is 698. The van der Waals surface area contributed by atoms with Gasteiger partial charge in [0.15, 0.2) is 0 Å². The molecule has 2 nitrogen and oxygen atoms in total. The molecule has 2 aromatic rings. The number of alkyl halides is 2. The molecule has 0 saturated carbocycles. The molecule has 2 aliphatic rings. The maximum Gasteiger partial charge on any atom is 0.262 e. The summed E-state index contributed by atoms with van der Waals surface area (Å²) in [4.78, 5) is 4.05. The van der Waals surface area contributed by atoms with Crippen LogP contribution in [0.1, 0.15) is 33.7 Å². The number of hydrogen-bond donors (Lipinski definition) is 1. The van der Waals surface area contributed by atoms with Gasteiger partial charge in [0.1, 0.15) is 0 Å². The van der Waals surface area contributed by atoms with Crippen molar-refractivity contribution in [3.8, 4) is 0 Å². The SMILES string of the molecule is FC1(F)Cc2ccc3c(c2C1c1cccnc1)CCNCC3. The molecule has 2 heterocycles. The first-order valence-electron chi connectivity index (χ1n) is 7.79. The molecular formula is C18H18F2N2. The van der Waals surface area contributed by atoms with E-state index >= 15 is 0 Å². The molecule has 22 heavy (non-hydrogen) atoms. The molecule has 4 rings (SSSR count). The van der Waals surface area contributed by atoms with Gasteiger partial charge in [-0.05, 0) is 59.8 Å². The number of fused-ring (bicyclic) bond motifs is 3. The molecule has 4 heteroatoms. The summed E-state index contributed by atoms with van der Waals surface area (Å²) in [6, 6.07) is 7.47. The first-order chi connectivity index (χ1) is 10.7. The summed E-state index contributed by atoms with van der Waals surface area (Å²) in [6.07, 6.45) is 4.79. The van der Waals surface area contributed by atoms with Crippen LogP contribution < -0.4 is 5.32 Å². The number of aromatic nitrogens is 1. The minimum Gasteiger partial charge on any atom is -0.316 e. The molecule has 1 aliphatic heterocycles. The normalized spacial score (nSPS) is 22.7. The van der Waals surface area contributed by atoms with Crippen LogP contribution in [-0.4, -0.2) is 24.0 Å². The number of hydrogen-bond acceptors (Lipinski definition) is 2. The summed E-state index contributed by atoms with van der Waals surface area (Å²) in [6.45, 7) is 1.77. The smallest absolute Gasteiger partial charge is 0.262 e. The van der Waals surface area contributed by atoms with Crippen LogP contribution in [0, 0.1) is 0 Å². The maximum atomic E-state index is 14.7. The van der Waals surface area contributed by atoms with Crippen molar-refractivity contribution in [3.05, 3.63) is 64.5 Å². The zero-order valence-electron chi connectivity index (χ0n) is 12.3. The lowest BCUT2D eigenvalue weighted by molar-refractivity contribution is -0.00380. The fourth-order valence-electron chi connectivity index (χ4n) is 3.89. The molecule has 114 valence electrons. The van der Waals surface area contributed by atoms with E-state index in [1.807, 2.05) is 12.1 Å². The third-order valence-electron chi connectivity index (χ3n) is 4.82. The Morgan fingerprint density at radius 3 is 2.73 bits per heavy atom. The zero-order valence-corrected chi connectivity index (χ0v) is 12.3. The lowest BCUT2D eigenvalue weighted by Crippen LogP contribution is -2.24. The van der Waals surface area contributed by atoms with E-state index in [0.717, 1.165) is 42.6 Å². The van der Waals surface area contributed by atoms with Crippen molar-refractivity contribution in [2.24, 2.45) is 0 Å². The summed E-state index contributed by atoms with van der Waals surface area (Å²) in [5, 5.41) is 3.36. The van der Waals surface area contributed by atoms with Crippen molar-refractivity contribution in [2.75, 3.05) is 13.1 Å². The van der Waals surface area contributed by atoms with Crippen LogP contribution in [0.4, 0.5) is 8.78 Å². The second kappa shape index (κ2) is 5.13. The van der Waals surface area contributed by atoms with Crippen molar-refractivity contribution in [3.63, 3.8) is 0 Å². The van der Waals surface area contributed by atoms with Crippen molar-refractivity contribution < 1.29 is 8.78 Å². The Hall–Kier alpha value is -1.81. The van der Waals surface area contributed by atoms with Gasteiger partial charge < -0.3 is 5.32 Å². The molecule has 0 amide bonds. The first kappa shape index (κ1) is 13.8. The quantitative estimate of drug-likeness (QED) is 0.875. The Morgan fingerprint density at radius 2 is 1.91 bits per heavy atom. The van der Waals surface area contributed by atoms with Gasteiger partial charge in [0, 0.05) is 18.8 Å². The van der Waals surface area contributed by atoms with E-state index in [4.69, 9.17) is 0 Å². The third-order valence-corrected chi connectivity index (χ3v) is 4.82. The molecule has 1 aromatic carbocycles. The van der Waals surface area contributed by atoms with E-state index < -0.39 is 11.8 Å². The Morgan fingerprint density at radius 1 is 1.09 bits per heavy atom. The van der Waals surface area contributed by atoms with Gasteiger partial charge in [0.2, 0.25) is 0 Å². The Balaban J connectivity index is 1.91. The predicted octanol–water partition coefficient (Wildman–Crippen LogP) is 3.09. The van der Waals surface area contributed by atoms with E-state index in [-0.39, 0.29) is 6.42 Å². The number of halogens is 2. The third kappa shape index (κ3) is 2.13. The molecule has 1 unspecified atom stereocenters. The molecule has 0 bridgehead atoms. The Kier molecular flexibility index (Phi) is 3.22. The molecule has 0 radical (unpaired) electrons. The number of benzene rings is 1. The van der Waals surface area contributed by atoms with Crippen LogP contribution >= 0.6 is 0 Å². The summed E-state index contributed by atoms with van der Waals surface area (Å²) >= 11 is 0. The minimum atomic E-state index is -2.74. The molecule has 0 fully saturated rings. The first-order valence-corrected chi connectivity index (χ1v) is 7.79. The number of pyridine rings is 1. The predicted molar refractivity (Wildman–Crippen MR) is 81.5 cm³/mol. The van der Waals surface area contributed by atoms with Crippen LogP contribution in [0.3, 0.4) is 0 Å². The molecular weight excluding hydrogens is 282 g/mol. The van der Waals surface area contributed by atoms with E-state index in [0.29, 0.717) is 5.56 Å². The summed E-state index contributed by atoms with van der Waals surface area (Å²) in [5.41, 5.74) is 4.64. The molecule has 1 atom stereocenters. The highest BCUT2D eigenvalue weighted by Crippen LogP contribution is 2.50. The van der Waals surface area contributed by atoms with Crippen LogP contribution in [0.25, 0.3) is 0 Å². The van der Waals surface area contributed by atoms with Gasteiger partial charge in [-0.25, -0.2) is 8.78 Å². The second-order valence-corrected chi connectivity index (χ2v) is 6.18. The van der Waals surface area contributed by atoms with E-state index in [1.165, 1.54) is 5.56 Å². The summed E-state index contributed by atoms with van der Waals surface area (Å²) < 4.78 is 29.4. The fourth-order valence-corrected chi connectivity index (χ4v) is 3.89. The van der Waals surface area contributed by atoms with E-state index in [9.17, 15) is 8.78 Å². The minimum absolute atomic E-state index is 0.164. The van der Waals surface area contributed by atoms with Gasteiger partial charge in [-0.1, -0.05) is 18.2 Å². The second-order valence-electron chi connectivity index (χ2n) is 6.18. The highest BCUT2D eigenvalue weighted by Gasteiger charge is 2.49. The van der Waals surface area contributed by atoms with Gasteiger partial charge >= 0.3 is 0 Å². The number of nitrogens with one attached hydrogen (secondary N) is 1. The molecule has 0 spiro atoms. The molecule has 1 aromatic heterocycles. The van der Waals surface area contributed by atoms with Gasteiger partial charge in [0.05, 0.1) is 5.92 Å². The van der Waals surface area contributed by atoms with Gasteiger partial charge in [-0.2, -0.15) is 0 Å². The highest BCUT2D eigenvalue weighted by molar-refractivity contribution is 5.53. The van der Waals surface area contributed by atoms with Crippen LogP contribution in [-0.2, 0) is 19.3 Å². The monoisotopic (exact) mass is 300 g/mol. The molecule has 1 N–H and O–H groups in total. The summed E-state index contributed by atoms with van der Waals surface area (Å²) in [7, 11) is 0. The largest absolute Gasteiger partial charge is 0.316 e. The maximum absolute atomic E-state index is 14.7. The standard InChI is InChI=1S/C18H18F2N2/c19-18(20)10-13-4-3-12-5-8-21-9-6-15(12)16(13)17(18)14-2-1-7-22-11-14/h1-4,7,11,17,21H,5-6,8-10H2. The van der Waals surface area contributed by atoms with E-state index in [2.05, 4.69) is 10.3 Å². The lowest BCUT2D eigenvalue weighted by atomic mass is 9.85. The van der Waals surface area contributed by atoms with Crippen molar-refractivity contribution >= 4 is 0 Å². The van der Waals surface area contributed by atoms with Gasteiger partial charge in [-0.3, -0.25) is 4.98 Å². The van der Waals surface area contributed by atoms with E-state index in [1.54, 1.807) is 24.5 Å². The average molecular weight is 300 g/mol. The number of rotatable bonds is 1. The number of nitrogens with zero attached hydrogens (tertiary/aromatic N) is 1. The fraction of sp³-hybridized carbons (Fsp3) is 0.389. The molecule has 0 saturated heterocycles. The van der Waals surface area contributed by atoms with Crippen LogP contribution in [0.15, 0.2) is 36.7 Å². The average Bonchev–Trinajstić information content (AvgIpc) is 2.66.